The SMILES string of the molecule is CC1CCSC(=NCCCc2ccccc2)N1. The molecule has 0 amide bonds. The molecule has 0 aliphatic carbocycles. The predicted molar refractivity (Wildman–Crippen MR) is 76.7 cm³/mol. The molecule has 1 aromatic carbocycles. The third-order valence-corrected chi connectivity index (χ3v) is 3.84. The molecular formula is C14H20N2S. The minimum atomic E-state index is 0.587. The lowest BCUT2D eigenvalue weighted by Crippen LogP contribution is -2.35. The summed E-state index contributed by atoms with van der Waals surface area (Å²) in [6.07, 6.45) is 3.50. The highest BCUT2D eigenvalue weighted by Gasteiger charge is 2.12. The van der Waals surface area contributed by atoms with Crippen molar-refractivity contribution in [3.63, 3.8) is 0 Å². The van der Waals surface area contributed by atoms with Gasteiger partial charge in [0, 0.05) is 18.3 Å². The molecule has 2 nitrogen and oxygen atoms in total. The van der Waals surface area contributed by atoms with Gasteiger partial charge in [0.1, 0.15) is 0 Å². The Balaban J connectivity index is 1.70. The molecule has 1 heterocycles. The smallest absolute Gasteiger partial charge is 0.156 e. The first-order valence-electron chi connectivity index (χ1n) is 6.32. The molecule has 1 aliphatic rings. The van der Waals surface area contributed by atoms with Gasteiger partial charge < -0.3 is 5.32 Å². The van der Waals surface area contributed by atoms with Crippen LogP contribution in [0.4, 0.5) is 0 Å². The van der Waals surface area contributed by atoms with Crippen LogP contribution in [0, 0.1) is 0 Å². The Kier molecular flexibility index (Phi) is 4.92. The van der Waals surface area contributed by atoms with E-state index in [1.54, 1.807) is 0 Å². The molecule has 1 aliphatic heterocycles. The molecule has 0 radical (unpaired) electrons. The lowest BCUT2D eigenvalue weighted by atomic mass is 10.1. The summed E-state index contributed by atoms with van der Waals surface area (Å²) in [6.45, 7) is 3.15. The van der Waals surface area contributed by atoms with E-state index in [1.165, 1.54) is 17.7 Å². The second-order valence-electron chi connectivity index (χ2n) is 4.46. The van der Waals surface area contributed by atoms with E-state index < -0.39 is 0 Å². The molecule has 0 aromatic heterocycles. The number of hydrogen-bond donors (Lipinski definition) is 1. The molecule has 3 heteroatoms. The van der Waals surface area contributed by atoms with Gasteiger partial charge in [-0.3, -0.25) is 4.99 Å². The normalized spacial score (nSPS) is 22.4. The molecule has 1 aromatic rings. The number of thioether (sulfide) groups is 1. The Morgan fingerprint density at radius 3 is 2.94 bits per heavy atom. The van der Waals surface area contributed by atoms with Crippen LogP contribution >= 0.6 is 11.8 Å². The highest BCUT2D eigenvalue weighted by atomic mass is 32.2. The van der Waals surface area contributed by atoms with Gasteiger partial charge >= 0.3 is 0 Å². The summed E-state index contributed by atoms with van der Waals surface area (Å²) >= 11 is 1.85. The van der Waals surface area contributed by atoms with E-state index in [0.29, 0.717) is 6.04 Å². The first-order chi connectivity index (χ1) is 8.34. The highest BCUT2D eigenvalue weighted by Crippen LogP contribution is 2.13. The summed E-state index contributed by atoms with van der Waals surface area (Å²) < 4.78 is 0. The molecule has 1 saturated heterocycles. The van der Waals surface area contributed by atoms with Crippen LogP contribution in [-0.4, -0.2) is 23.5 Å². The fourth-order valence-corrected chi connectivity index (χ4v) is 2.99. The van der Waals surface area contributed by atoms with Crippen LogP contribution in [0.5, 0.6) is 0 Å². The summed E-state index contributed by atoms with van der Waals surface area (Å²) in [5.41, 5.74) is 1.41. The van der Waals surface area contributed by atoms with Gasteiger partial charge in [-0.2, -0.15) is 0 Å². The zero-order valence-corrected chi connectivity index (χ0v) is 11.2. The Labute approximate surface area is 108 Å². The van der Waals surface area contributed by atoms with Crippen molar-refractivity contribution in [2.24, 2.45) is 4.99 Å². The lowest BCUT2D eigenvalue weighted by molar-refractivity contribution is 0.641. The van der Waals surface area contributed by atoms with Crippen LogP contribution in [0.15, 0.2) is 35.3 Å². The zero-order chi connectivity index (χ0) is 11.9. The van der Waals surface area contributed by atoms with Crippen LogP contribution < -0.4 is 5.32 Å². The molecule has 0 bridgehead atoms. The maximum atomic E-state index is 4.62. The van der Waals surface area contributed by atoms with E-state index in [2.05, 4.69) is 47.6 Å². The third kappa shape index (κ3) is 4.43. The second-order valence-corrected chi connectivity index (χ2v) is 5.54. The average molecular weight is 248 g/mol. The van der Waals surface area contributed by atoms with Crippen LogP contribution in [0.25, 0.3) is 0 Å². The summed E-state index contributed by atoms with van der Waals surface area (Å²) in [6, 6.07) is 11.2. The lowest BCUT2D eigenvalue weighted by Gasteiger charge is -2.21. The number of amidine groups is 1. The Morgan fingerprint density at radius 2 is 2.18 bits per heavy atom. The predicted octanol–water partition coefficient (Wildman–Crippen LogP) is 3.09. The fourth-order valence-electron chi connectivity index (χ4n) is 1.86. The number of rotatable bonds is 4. The van der Waals surface area contributed by atoms with Gasteiger partial charge in [-0.05, 0) is 31.7 Å². The number of nitrogens with zero attached hydrogens (tertiary/aromatic N) is 1. The van der Waals surface area contributed by atoms with E-state index in [-0.39, 0.29) is 0 Å². The van der Waals surface area contributed by atoms with E-state index in [4.69, 9.17) is 0 Å². The Morgan fingerprint density at radius 1 is 1.35 bits per heavy atom. The molecule has 92 valence electrons. The number of aliphatic imine (C=N–C) groups is 1. The molecule has 17 heavy (non-hydrogen) atoms. The van der Waals surface area contributed by atoms with Crippen LogP contribution in [0.2, 0.25) is 0 Å². The number of hydrogen-bond acceptors (Lipinski definition) is 2. The van der Waals surface area contributed by atoms with Gasteiger partial charge in [0.25, 0.3) is 0 Å². The summed E-state index contributed by atoms with van der Waals surface area (Å²) in [5.74, 6) is 1.20. The van der Waals surface area contributed by atoms with Gasteiger partial charge in [0.2, 0.25) is 0 Å². The van der Waals surface area contributed by atoms with E-state index in [9.17, 15) is 0 Å². The summed E-state index contributed by atoms with van der Waals surface area (Å²) in [4.78, 5) is 4.62. The van der Waals surface area contributed by atoms with Gasteiger partial charge in [-0.15, -0.1) is 0 Å². The maximum Gasteiger partial charge on any atom is 0.156 e. The quantitative estimate of drug-likeness (QED) is 0.828. The van der Waals surface area contributed by atoms with Gasteiger partial charge in [-0.25, -0.2) is 0 Å². The first-order valence-corrected chi connectivity index (χ1v) is 7.31. The average Bonchev–Trinajstić information content (AvgIpc) is 2.36. The van der Waals surface area contributed by atoms with Crippen molar-refractivity contribution in [1.82, 2.24) is 5.32 Å². The topological polar surface area (TPSA) is 24.4 Å². The standard InChI is InChI=1S/C14H20N2S/c1-12-9-11-17-14(16-12)15-10-5-8-13-6-3-2-4-7-13/h2-4,6-7,12H,5,8-11H2,1H3,(H,15,16). The van der Waals surface area contributed by atoms with E-state index in [1.807, 2.05) is 11.8 Å². The van der Waals surface area contributed by atoms with E-state index in [0.717, 1.165) is 24.6 Å². The van der Waals surface area contributed by atoms with Gasteiger partial charge in [0.15, 0.2) is 5.17 Å². The van der Waals surface area contributed by atoms with Crippen molar-refractivity contribution in [3.05, 3.63) is 35.9 Å². The van der Waals surface area contributed by atoms with Crippen LogP contribution in [0.3, 0.4) is 0 Å². The molecular weight excluding hydrogens is 228 g/mol. The molecule has 0 saturated carbocycles. The number of benzene rings is 1. The molecule has 1 fully saturated rings. The van der Waals surface area contributed by atoms with Gasteiger partial charge in [0.05, 0.1) is 0 Å². The van der Waals surface area contributed by atoms with Crippen LogP contribution in [-0.2, 0) is 6.42 Å². The zero-order valence-electron chi connectivity index (χ0n) is 10.4. The molecule has 1 N–H and O–H groups in total. The Hall–Kier alpha value is -0.960. The summed E-state index contributed by atoms with van der Waals surface area (Å²) in [5, 5.41) is 4.56. The van der Waals surface area contributed by atoms with Crippen molar-refractivity contribution in [3.8, 4) is 0 Å². The highest BCUT2D eigenvalue weighted by molar-refractivity contribution is 8.13. The minimum Gasteiger partial charge on any atom is -0.362 e. The summed E-state index contributed by atoms with van der Waals surface area (Å²) in [7, 11) is 0. The third-order valence-electron chi connectivity index (χ3n) is 2.88. The van der Waals surface area contributed by atoms with Crippen molar-refractivity contribution < 1.29 is 0 Å². The molecule has 1 atom stereocenters. The first kappa shape index (κ1) is 12.5. The molecule has 2 rings (SSSR count). The fraction of sp³-hybridized carbons (Fsp3) is 0.500. The molecule has 1 unspecified atom stereocenters. The second kappa shape index (κ2) is 6.70. The Bertz CT molecular complexity index is 362. The number of nitrogens with one attached hydrogen (secondary N) is 1. The van der Waals surface area contributed by atoms with Crippen molar-refractivity contribution >= 4 is 16.9 Å². The van der Waals surface area contributed by atoms with Crippen LogP contribution in [0.1, 0.15) is 25.3 Å². The van der Waals surface area contributed by atoms with Crippen molar-refractivity contribution in [1.29, 1.82) is 0 Å². The number of aryl methyl sites for hydroxylation is 1. The van der Waals surface area contributed by atoms with Gasteiger partial charge in [-0.1, -0.05) is 42.1 Å². The monoisotopic (exact) mass is 248 g/mol. The van der Waals surface area contributed by atoms with Crippen molar-refractivity contribution in [2.75, 3.05) is 12.3 Å². The largest absolute Gasteiger partial charge is 0.362 e. The minimum absolute atomic E-state index is 0.587. The maximum absolute atomic E-state index is 4.62. The molecule has 0 spiro atoms. The van der Waals surface area contributed by atoms with Crippen molar-refractivity contribution in [2.45, 2.75) is 32.2 Å². The van der Waals surface area contributed by atoms with E-state index >= 15 is 0 Å².